The van der Waals surface area contributed by atoms with Crippen molar-refractivity contribution in [3.8, 4) is 0 Å². The molecule has 1 N–H and O–H groups in total. The molecular formula is C17H23NO2. The third-order valence-electron chi connectivity index (χ3n) is 5.04. The van der Waals surface area contributed by atoms with Crippen molar-refractivity contribution in [1.82, 2.24) is 4.90 Å². The summed E-state index contributed by atoms with van der Waals surface area (Å²) in [7, 11) is 0. The van der Waals surface area contributed by atoms with E-state index in [4.69, 9.17) is 0 Å². The Kier molecular flexibility index (Phi) is 3.55. The molecule has 3 nitrogen and oxygen atoms in total. The van der Waals surface area contributed by atoms with Gasteiger partial charge in [-0.1, -0.05) is 31.2 Å². The molecule has 1 aromatic rings. The van der Waals surface area contributed by atoms with Crippen molar-refractivity contribution in [2.24, 2.45) is 0 Å². The molecule has 1 aliphatic heterocycles. The molecule has 2 fully saturated rings. The maximum absolute atomic E-state index is 11.7. The SMILES string of the molecule is CCC1(C(=O)O)CCCN1Cc1ccccc1C1CC1. The second-order valence-corrected chi connectivity index (χ2v) is 6.19. The first kappa shape index (κ1) is 13.6. The topological polar surface area (TPSA) is 40.5 Å². The maximum atomic E-state index is 11.7. The van der Waals surface area contributed by atoms with Gasteiger partial charge in [-0.3, -0.25) is 9.69 Å². The molecule has 1 heterocycles. The summed E-state index contributed by atoms with van der Waals surface area (Å²) in [6, 6.07) is 8.57. The normalized spacial score (nSPS) is 26.9. The largest absolute Gasteiger partial charge is 0.480 e. The predicted molar refractivity (Wildman–Crippen MR) is 78.7 cm³/mol. The van der Waals surface area contributed by atoms with Crippen molar-refractivity contribution in [2.75, 3.05) is 6.54 Å². The van der Waals surface area contributed by atoms with Crippen LogP contribution in [0.3, 0.4) is 0 Å². The first-order chi connectivity index (χ1) is 9.67. The highest BCUT2D eigenvalue weighted by Gasteiger charge is 2.46. The highest BCUT2D eigenvalue weighted by molar-refractivity contribution is 5.79. The van der Waals surface area contributed by atoms with Gasteiger partial charge in [-0.25, -0.2) is 0 Å². The second kappa shape index (κ2) is 5.21. The summed E-state index contributed by atoms with van der Waals surface area (Å²) < 4.78 is 0. The molecule has 1 saturated heterocycles. The van der Waals surface area contributed by atoms with E-state index in [0.29, 0.717) is 6.42 Å². The molecule has 1 unspecified atom stereocenters. The fourth-order valence-electron chi connectivity index (χ4n) is 3.64. The van der Waals surface area contributed by atoms with Crippen LogP contribution in [0.5, 0.6) is 0 Å². The zero-order valence-corrected chi connectivity index (χ0v) is 12.1. The summed E-state index contributed by atoms with van der Waals surface area (Å²) in [6.45, 7) is 3.69. The monoisotopic (exact) mass is 273 g/mol. The Morgan fingerprint density at radius 3 is 2.80 bits per heavy atom. The number of hydrogen-bond acceptors (Lipinski definition) is 2. The van der Waals surface area contributed by atoms with E-state index in [2.05, 4.69) is 29.2 Å². The fourth-order valence-corrected chi connectivity index (χ4v) is 3.64. The van der Waals surface area contributed by atoms with Crippen molar-refractivity contribution in [1.29, 1.82) is 0 Å². The van der Waals surface area contributed by atoms with E-state index < -0.39 is 11.5 Å². The van der Waals surface area contributed by atoms with Crippen molar-refractivity contribution in [3.63, 3.8) is 0 Å². The molecule has 2 aliphatic rings. The van der Waals surface area contributed by atoms with Gasteiger partial charge in [0.1, 0.15) is 5.54 Å². The molecule has 0 radical (unpaired) electrons. The van der Waals surface area contributed by atoms with Crippen LogP contribution >= 0.6 is 0 Å². The summed E-state index contributed by atoms with van der Waals surface area (Å²) >= 11 is 0. The van der Waals surface area contributed by atoms with Gasteiger partial charge in [0.05, 0.1) is 0 Å². The van der Waals surface area contributed by atoms with Gasteiger partial charge in [0.15, 0.2) is 0 Å². The quantitative estimate of drug-likeness (QED) is 0.894. The van der Waals surface area contributed by atoms with Crippen LogP contribution in [0.1, 0.15) is 56.1 Å². The molecule has 1 aromatic carbocycles. The number of benzene rings is 1. The lowest BCUT2D eigenvalue weighted by Crippen LogP contribution is -2.49. The number of aliphatic carboxylic acids is 1. The van der Waals surface area contributed by atoms with Gasteiger partial charge in [-0.05, 0) is 55.7 Å². The minimum Gasteiger partial charge on any atom is -0.480 e. The third kappa shape index (κ3) is 2.24. The molecule has 3 rings (SSSR count). The molecule has 0 spiro atoms. The van der Waals surface area contributed by atoms with Gasteiger partial charge in [-0.2, -0.15) is 0 Å². The Balaban J connectivity index is 1.85. The average Bonchev–Trinajstić information content (AvgIpc) is 3.20. The molecule has 0 amide bonds. The van der Waals surface area contributed by atoms with E-state index in [1.54, 1.807) is 0 Å². The predicted octanol–water partition coefficient (Wildman–Crippen LogP) is 3.39. The number of rotatable bonds is 5. The number of likely N-dealkylation sites (tertiary alicyclic amines) is 1. The lowest BCUT2D eigenvalue weighted by atomic mass is 9.92. The molecular weight excluding hydrogens is 250 g/mol. The van der Waals surface area contributed by atoms with Crippen molar-refractivity contribution >= 4 is 5.97 Å². The summed E-state index contributed by atoms with van der Waals surface area (Å²) in [4.78, 5) is 13.9. The van der Waals surface area contributed by atoms with E-state index in [-0.39, 0.29) is 0 Å². The fraction of sp³-hybridized carbons (Fsp3) is 0.588. The van der Waals surface area contributed by atoms with Gasteiger partial charge in [0.25, 0.3) is 0 Å². The van der Waals surface area contributed by atoms with Crippen LogP contribution in [0.15, 0.2) is 24.3 Å². The summed E-state index contributed by atoms with van der Waals surface area (Å²) in [5, 5.41) is 9.66. The number of carboxylic acids is 1. The summed E-state index contributed by atoms with van der Waals surface area (Å²) in [5.41, 5.74) is 2.13. The van der Waals surface area contributed by atoms with E-state index in [9.17, 15) is 9.90 Å². The molecule has 1 aliphatic carbocycles. The Bertz CT molecular complexity index is 509. The zero-order valence-electron chi connectivity index (χ0n) is 12.1. The maximum Gasteiger partial charge on any atom is 0.324 e. The molecule has 108 valence electrons. The van der Waals surface area contributed by atoms with Gasteiger partial charge in [0.2, 0.25) is 0 Å². The van der Waals surface area contributed by atoms with Crippen molar-refractivity contribution < 1.29 is 9.90 Å². The number of hydrogen-bond donors (Lipinski definition) is 1. The number of nitrogens with zero attached hydrogens (tertiary/aromatic N) is 1. The highest BCUT2D eigenvalue weighted by atomic mass is 16.4. The Labute approximate surface area is 120 Å². The van der Waals surface area contributed by atoms with Crippen LogP contribution in [-0.2, 0) is 11.3 Å². The number of carbonyl (C=O) groups is 1. The van der Waals surface area contributed by atoms with Crippen LogP contribution < -0.4 is 0 Å². The lowest BCUT2D eigenvalue weighted by Gasteiger charge is -2.34. The third-order valence-corrected chi connectivity index (χ3v) is 5.04. The van der Waals surface area contributed by atoms with Crippen LogP contribution in [0, 0.1) is 0 Å². The van der Waals surface area contributed by atoms with Crippen molar-refractivity contribution in [3.05, 3.63) is 35.4 Å². The Morgan fingerprint density at radius 1 is 1.40 bits per heavy atom. The van der Waals surface area contributed by atoms with Gasteiger partial charge >= 0.3 is 5.97 Å². The van der Waals surface area contributed by atoms with Crippen LogP contribution in [-0.4, -0.2) is 28.1 Å². The second-order valence-electron chi connectivity index (χ2n) is 6.19. The van der Waals surface area contributed by atoms with Crippen molar-refractivity contribution in [2.45, 2.75) is 57.0 Å². The van der Waals surface area contributed by atoms with E-state index >= 15 is 0 Å². The minimum absolute atomic E-state index is 0.642. The standard InChI is InChI=1S/C17H23NO2/c1-2-17(16(19)20)10-5-11-18(17)12-14-6-3-4-7-15(14)13-8-9-13/h3-4,6-7,13H,2,5,8-12H2,1H3,(H,19,20). The Hall–Kier alpha value is -1.35. The van der Waals surface area contributed by atoms with Gasteiger partial charge < -0.3 is 5.11 Å². The average molecular weight is 273 g/mol. The van der Waals surface area contributed by atoms with E-state index in [1.807, 2.05) is 6.92 Å². The zero-order chi connectivity index (χ0) is 14.2. The smallest absolute Gasteiger partial charge is 0.324 e. The molecule has 3 heteroatoms. The van der Waals surface area contributed by atoms with Gasteiger partial charge in [-0.15, -0.1) is 0 Å². The van der Waals surface area contributed by atoms with E-state index in [1.165, 1.54) is 24.0 Å². The van der Waals surface area contributed by atoms with Crippen LogP contribution in [0.25, 0.3) is 0 Å². The molecule has 1 saturated carbocycles. The molecule has 1 atom stereocenters. The summed E-state index contributed by atoms with van der Waals surface area (Å²) in [5.74, 6) is 0.0658. The van der Waals surface area contributed by atoms with Gasteiger partial charge in [0, 0.05) is 6.54 Å². The Morgan fingerprint density at radius 2 is 2.15 bits per heavy atom. The van der Waals surface area contributed by atoms with Crippen LogP contribution in [0.4, 0.5) is 0 Å². The number of carboxylic acid groups (broad SMARTS) is 1. The first-order valence-corrected chi connectivity index (χ1v) is 7.73. The molecule has 0 bridgehead atoms. The highest BCUT2D eigenvalue weighted by Crippen LogP contribution is 2.43. The first-order valence-electron chi connectivity index (χ1n) is 7.73. The lowest BCUT2D eigenvalue weighted by molar-refractivity contribution is -0.150. The van der Waals surface area contributed by atoms with Crippen LogP contribution in [0.2, 0.25) is 0 Å². The van der Waals surface area contributed by atoms with E-state index in [0.717, 1.165) is 31.8 Å². The minimum atomic E-state index is -0.651. The molecule has 0 aromatic heterocycles. The summed E-state index contributed by atoms with van der Waals surface area (Å²) in [6.07, 6.45) is 5.04. The molecule has 20 heavy (non-hydrogen) atoms.